The summed E-state index contributed by atoms with van der Waals surface area (Å²) in [4.78, 5) is 9.27. The van der Waals surface area contributed by atoms with Crippen molar-refractivity contribution in [1.82, 2.24) is 9.97 Å². The predicted octanol–water partition coefficient (Wildman–Crippen LogP) is 4.99. The number of allylic oxidation sites excluding steroid dienone is 1. The van der Waals surface area contributed by atoms with Crippen LogP contribution in [0.15, 0.2) is 42.7 Å². The van der Waals surface area contributed by atoms with Gasteiger partial charge in [-0.05, 0) is 37.0 Å². The fraction of sp³-hybridized carbons (Fsp3) is 0.455. The van der Waals surface area contributed by atoms with E-state index in [1.807, 2.05) is 31.2 Å². The Bertz CT molecular complexity index is 861. The first-order chi connectivity index (χ1) is 14.3. The number of benzene rings is 1. The molecule has 1 aromatic carbocycles. The molecule has 8 heteroatoms. The quantitative estimate of drug-likeness (QED) is 0.534. The Hall–Kier alpha value is -2.77. The summed E-state index contributed by atoms with van der Waals surface area (Å²) >= 11 is 0. The molecule has 2 aromatic rings. The molecule has 1 aliphatic rings. The zero-order valence-corrected chi connectivity index (χ0v) is 17.2. The van der Waals surface area contributed by atoms with Crippen molar-refractivity contribution in [3.8, 4) is 11.6 Å². The molecule has 1 fully saturated rings. The first-order valence-electron chi connectivity index (χ1n) is 9.91. The van der Waals surface area contributed by atoms with Crippen molar-refractivity contribution >= 4 is 5.82 Å². The lowest BCUT2D eigenvalue weighted by molar-refractivity contribution is 0.0773. The number of nitrogens with zero attached hydrogens (tertiary/aromatic N) is 3. The summed E-state index contributed by atoms with van der Waals surface area (Å²) in [6, 6.07) is 7.97. The molecule has 2 atom stereocenters. The highest BCUT2D eigenvalue weighted by Gasteiger charge is 2.28. The molecule has 3 rings (SSSR count). The van der Waals surface area contributed by atoms with Crippen LogP contribution < -0.4 is 14.4 Å². The molecule has 0 unspecified atom stereocenters. The molecule has 0 N–H and O–H groups in total. The van der Waals surface area contributed by atoms with Crippen LogP contribution in [-0.2, 0) is 0 Å². The molecule has 0 spiro atoms. The van der Waals surface area contributed by atoms with E-state index < -0.39 is 24.7 Å². The topological polar surface area (TPSA) is 47.5 Å². The summed E-state index contributed by atoms with van der Waals surface area (Å²) in [5, 5.41) is 0. The molecule has 0 aliphatic carbocycles. The van der Waals surface area contributed by atoms with Gasteiger partial charge >= 0.3 is 0 Å². The second-order valence-corrected chi connectivity index (χ2v) is 7.62. The van der Waals surface area contributed by atoms with Gasteiger partial charge in [0.15, 0.2) is 12.4 Å². The molecule has 2 heterocycles. The van der Waals surface area contributed by atoms with E-state index in [0.29, 0.717) is 25.4 Å². The van der Waals surface area contributed by atoms with Crippen LogP contribution in [0.3, 0.4) is 0 Å². The van der Waals surface area contributed by atoms with Crippen molar-refractivity contribution in [2.75, 3.05) is 24.6 Å². The number of hydrogen-bond donors (Lipinski definition) is 0. The van der Waals surface area contributed by atoms with Crippen LogP contribution >= 0.6 is 0 Å². The van der Waals surface area contributed by atoms with Gasteiger partial charge in [0, 0.05) is 13.0 Å². The predicted molar refractivity (Wildman–Crippen MR) is 109 cm³/mol. The van der Waals surface area contributed by atoms with E-state index in [9.17, 15) is 13.2 Å². The second-order valence-electron chi connectivity index (χ2n) is 7.62. The fourth-order valence-corrected chi connectivity index (χ4v) is 3.53. The fourth-order valence-electron chi connectivity index (χ4n) is 3.53. The van der Waals surface area contributed by atoms with E-state index in [4.69, 9.17) is 9.47 Å². The van der Waals surface area contributed by atoms with E-state index in [1.165, 1.54) is 5.56 Å². The number of anilines is 1. The van der Waals surface area contributed by atoms with Gasteiger partial charge in [-0.3, -0.25) is 0 Å². The van der Waals surface area contributed by atoms with E-state index in [2.05, 4.69) is 23.5 Å². The third-order valence-corrected chi connectivity index (χ3v) is 4.94. The highest BCUT2D eigenvalue weighted by molar-refractivity contribution is 5.44. The molecular weight excluding hydrogens is 395 g/mol. The zero-order chi connectivity index (χ0) is 21.7. The summed E-state index contributed by atoms with van der Waals surface area (Å²) in [6.45, 7) is 8.18. The smallest absolute Gasteiger partial charge is 0.272 e. The molecule has 5 nitrogen and oxygen atoms in total. The Morgan fingerprint density at radius 2 is 2.00 bits per heavy atom. The van der Waals surface area contributed by atoms with Gasteiger partial charge in [0.25, 0.3) is 12.3 Å². The maximum atomic E-state index is 14.6. The van der Waals surface area contributed by atoms with Gasteiger partial charge in [0.2, 0.25) is 5.82 Å². The van der Waals surface area contributed by atoms with Crippen molar-refractivity contribution in [2.24, 2.45) is 0 Å². The Morgan fingerprint density at radius 1 is 1.27 bits per heavy atom. The van der Waals surface area contributed by atoms with Crippen LogP contribution in [-0.4, -0.2) is 42.2 Å². The third-order valence-electron chi connectivity index (χ3n) is 4.94. The summed E-state index contributed by atoms with van der Waals surface area (Å²) in [7, 11) is 0. The van der Waals surface area contributed by atoms with Gasteiger partial charge in [-0.15, -0.1) is 6.58 Å². The average Bonchev–Trinajstić information content (AvgIpc) is 3.15. The second kappa shape index (κ2) is 9.82. The first-order valence-corrected chi connectivity index (χ1v) is 9.91. The van der Waals surface area contributed by atoms with Crippen molar-refractivity contribution in [3.05, 3.63) is 54.1 Å². The van der Waals surface area contributed by atoms with Crippen molar-refractivity contribution in [2.45, 2.75) is 45.1 Å². The van der Waals surface area contributed by atoms with E-state index >= 15 is 0 Å². The standard InChI is InChI=1S/C22H26F3N3O2/c1-14(2)10-15(3)16-4-6-17(7-5-16)30-18-8-9-28(11-18)21-20(25)22(27-13-26-21)29-12-19(23)24/h4-7,13,15,18-19H,1,8-12H2,2-3H3/t15-,18-/m1/s1. The SMILES string of the molecule is C=C(C)C[C@@H](C)c1ccc(O[C@@H]2CCN(c3ncnc(OCC(F)F)c3F)C2)cc1. The molecule has 1 saturated heterocycles. The van der Waals surface area contributed by atoms with Gasteiger partial charge in [0.05, 0.1) is 6.54 Å². The number of hydrogen-bond acceptors (Lipinski definition) is 5. The molecule has 0 amide bonds. The van der Waals surface area contributed by atoms with Crippen LogP contribution in [0.4, 0.5) is 19.0 Å². The van der Waals surface area contributed by atoms with E-state index in [1.54, 1.807) is 4.90 Å². The van der Waals surface area contributed by atoms with Crippen molar-refractivity contribution in [1.29, 1.82) is 0 Å². The minimum Gasteiger partial charge on any atom is -0.489 e. The first kappa shape index (κ1) is 21.9. The number of ether oxygens (including phenoxy) is 2. The lowest BCUT2D eigenvalue weighted by atomic mass is 9.95. The van der Waals surface area contributed by atoms with Gasteiger partial charge in [0.1, 0.15) is 18.2 Å². The Balaban J connectivity index is 1.59. The lowest BCUT2D eigenvalue weighted by Gasteiger charge is -2.19. The largest absolute Gasteiger partial charge is 0.489 e. The lowest BCUT2D eigenvalue weighted by Crippen LogP contribution is -2.26. The Morgan fingerprint density at radius 3 is 2.67 bits per heavy atom. The molecule has 162 valence electrons. The highest BCUT2D eigenvalue weighted by Crippen LogP contribution is 2.29. The van der Waals surface area contributed by atoms with Crippen molar-refractivity contribution < 1.29 is 22.6 Å². The molecule has 0 bridgehead atoms. The van der Waals surface area contributed by atoms with Gasteiger partial charge < -0.3 is 14.4 Å². The molecule has 1 aliphatic heterocycles. The van der Waals surface area contributed by atoms with Gasteiger partial charge in [-0.1, -0.05) is 24.6 Å². The summed E-state index contributed by atoms with van der Waals surface area (Å²) in [6.07, 6.45) is -0.111. The van der Waals surface area contributed by atoms with Crippen molar-refractivity contribution in [3.63, 3.8) is 0 Å². The monoisotopic (exact) mass is 421 g/mol. The molecule has 0 radical (unpaired) electrons. The maximum absolute atomic E-state index is 14.6. The third kappa shape index (κ3) is 5.64. The number of halogens is 3. The minimum atomic E-state index is -2.71. The Kier molecular flexibility index (Phi) is 7.18. The molecule has 30 heavy (non-hydrogen) atoms. The van der Waals surface area contributed by atoms with Crippen LogP contribution in [0.2, 0.25) is 0 Å². The zero-order valence-electron chi connectivity index (χ0n) is 17.2. The van der Waals surface area contributed by atoms with Gasteiger partial charge in [-0.25, -0.2) is 13.8 Å². The summed E-state index contributed by atoms with van der Waals surface area (Å²) < 4.78 is 50.0. The summed E-state index contributed by atoms with van der Waals surface area (Å²) in [5.41, 5.74) is 2.37. The molecule has 1 aromatic heterocycles. The van der Waals surface area contributed by atoms with Crippen LogP contribution in [0.5, 0.6) is 11.6 Å². The number of alkyl halides is 2. The van der Waals surface area contributed by atoms with Crippen LogP contribution in [0.1, 0.15) is 38.2 Å². The minimum absolute atomic E-state index is 0.0318. The number of rotatable bonds is 9. The maximum Gasteiger partial charge on any atom is 0.272 e. The Labute approximate surface area is 174 Å². The molecule has 0 saturated carbocycles. The number of aromatic nitrogens is 2. The normalized spacial score (nSPS) is 17.3. The van der Waals surface area contributed by atoms with Gasteiger partial charge in [-0.2, -0.15) is 9.37 Å². The summed E-state index contributed by atoms with van der Waals surface area (Å²) in [5.74, 6) is -0.138. The molecular formula is C22H26F3N3O2. The van der Waals surface area contributed by atoms with Crippen LogP contribution in [0.25, 0.3) is 0 Å². The van der Waals surface area contributed by atoms with E-state index in [0.717, 1.165) is 24.1 Å². The van der Waals surface area contributed by atoms with E-state index in [-0.39, 0.29) is 11.9 Å². The highest BCUT2D eigenvalue weighted by atomic mass is 19.3. The average molecular weight is 421 g/mol. The van der Waals surface area contributed by atoms with Crippen LogP contribution in [0, 0.1) is 5.82 Å².